The number of carbonyl (C=O) groups excluding carboxylic acids is 1. The van der Waals surface area contributed by atoms with E-state index in [9.17, 15) is 4.79 Å². The molecule has 2 aromatic heterocycles. The minimum Gasteiger partial charge on any atom is -0.303 e. The van der Waals surface area contributed by atoms with Gasteiger partial charge in [-0.15, -0.1) is 21.5 Å². The molecule has 0 amide bonds. The Balaban J connectivity index is 1.54. The minimum atomic E-state index is 0.138. The van der Waals surface area contributed by atoms with Gasteiger partial charge in [-0.05, 0) is 24.3 Å². The van der Waals surface area contributed by atoms with Crippen LogP contribution in [0, 0.1) is 0 Å². The normalized spacial score (nSPS) is 15.1. The molecule has 4 rings (SSSR count). The minimum absolute atomic E-state index is 0.138. The summed E-state index contributed by atoms with van der Waals surface area (Å²) in [6, 6.07) is 14.2. The number of ketones is 1. The van der Waals surface area contributed by atoms with E-state index >= 15 is 0 Å². The molecule has 27 heavy (non-hydrogen) atoms. The molecule has 0 atom stereocenters. The Hall–Kier alpha value is -1.92. The summed E-state index contributed by atoms with van der Waals surface area (Å²) in [6.07, 6.45) is 7.00. The lowest BCUT2D eigenvalue weighted by Crippen LogP contribution is -2.17. The van der Waals surface area contributed by atoms with E-state index in [2.05, 4.69) is 32.3 Å². The molecular weight excluding hydrogens is 374 g/mol. The van der Waals surface area contributed by atoms with Crippen LogP contribution in [0.5, 0.6) is 0 Å². The number of aromatic nitrogens is 3. The maximum absolute atomic E-state index is 12.5. The van der Waals surface area contributed by atoms with Crippen LogP contribution in [0.2, 0.25) is 0 Å². The number of Topliss-reactive ketones (excluding diaryl/α,β-unsaturated/α-hetero) is 1. The van der Waals surface area contributed by atoms with Crippen molar-refractivity contribution in [3.05, 3.63) is 64.1 Å². The van der Waals surface area contributed by atoms with Gasteiger partial charge in [-0.3, -0.25) is 4.79 Å². The maximum atomic E-state index is 12.5. The molecule has 0 N–H and O–H groups in total. The molecule has 0 spiro atoms. The van der Waals surface area contributed by atoms with Crippen LogP contribution in [0.4, 0.5) is 0 Å². The Morgan fingerprint density at radius 3 is 2.63 bits per heavy atom. The molecule has 3 aromatic rings. The van der Waals surface area contributed by atoms with Crippen LogP contribution in [0.25, 0.3) is 0 Å². The van der Waals surface area contributed by atoms with Crippen molar-refractivity contribution in [3.63, 3.8) is 0 Å². The first-order valence-corrected chi connectivity index (χ1v) is 11.3. The van der Waals surface area contributed by atoms with E-state index in [4.69, 9.17) is 0 Å². The van der Waals surface area contributed by atoms with E-state index in [1.165, 1.54) is 48.7 Å². The Morgan fingerprint density at radius 2 is 1.89 bits per heavy atom. The summed E-state index contributed by atoms with van der Waals surface area (Å²) in [5.74, 6) is 1.56. The number of thiophene rings is 1. The average Bonchev–Trinajstić information content (AvgIpc) is 3.38. The van der Waals surface area contributed by atoms with Gasteiger partial charge in [-0.1, -0.05) is 67.4 Å². The van der Waals surface area contributed by atoms with Gasteiger partial charge in [0.25, 0.3) is 0 Å². The number of hydrogen-bond acceptors (Lipinski definition) is 5. The third kappa shape index (κ3) is 4.50. The largest absolute Gasteiger partial charge is 0.303 e. The van der Waals surface area contributed by atoms with E-state index < -0.39 is 0 Å². The van der Waals surface area contributed by atoms with Crippen LogP contribution in [0.15, 0.2) is 53.0 Å². The zero-order chi connectivity index (χ0) is 18.5. The number of carbonyl (C=O) groups is 1. The lowest BCUT2D eigenvalue weighted by molar-refractivity contribution is 0.102. The lowest BCUT2D eigenvalue weighted by atomic mass is 9.95. The van der Waals surface area contributed by atoms with Crippen molar-refractivity contribution in [3.8, 4) is 0 Å². The van der Waals surface area contributed by atoms with Crippen LogP contribution in [0.3, 0.4) is 0 Å². The molecular formula is C21H23N3OS2. The van der Waals surface area contributed by atoms with Gasteiger partial charge in [0, 0.05) is 22.9 Å². The van der Waals surface area contributed by atoms with Crippen molar-refractivity contribution in [2.24, 2.45) is 0 Å². The Bertz CT molecular complexity index is 868. The summed E-state index contributed by atoms with van der Waals surface area (Å²) in [6.45, 7) is 0. The van der Waals surface area contributed by atoms with Gasteiger partial charge in [-0.25, -0.2) is 0 Å². The monoisotopic (exact) mass is 397 g/mol. The highest BCUT2D eigenvalue weighted by Crippen LogP contribution is 2.33. The number of thioether (sulfide) groups is 1. The van der Waals surface area contributed by atoms with Crippen LogP contribution in [-0.2, 0) is 6.42 Å². The van der Waals surface area contributed by atoms with Crippen molar-refractivity contribution in [1.82, 2.24) is 14.8 Å². The lowest BCUT2D eigenvalue weighted by Gasteiger charge is -2.25. The van der Waals surface area contributed by atoms with Gasteiger partial charge in [0.1, 0.15) is 5.82 Å². The Morgan fingerprint density at radius 1 is 1.07 bits per heavy atom. The second-order valence-electron chi connectivity index (χ2n) is 6.89. The Labute approximate surface area is 168 Å². The number of rotatable bonds is 7. The molecule has 1 fully saturated rings. The zero-order valence-corrected chi connectivity index (χ0v) is 16.8. The second kappa shape index (κ2) is 8.85. The molecule has 1 aliphatic carbocycles. The van der Waals surface area contributed by atoms with E-state index in [-0.39, 0.29) is 5.78 Å². The summed E-state index contributed by atoms with van der Waals surface area (Å²) in [5.41, 5.74) is 0.757. The van der Waals surface area contributed by atoms with Crippen LogP contribution in [-0.4, -0.2) is 26.3 Å². The van der Waals surface area contributed by atoms with Gasteiger partial charge < -0.3 is 4.57 Å². The number of nitrogens with zero attached hydrogens (tertiary/aromatic N) is 3. The first-order chi connectivity index (χ1) is 13.3. The van der Waals surface area contributed by atoms with Crippen LogP contribution in [0.1, 0.15) is 59.2 Å². The van der Waals surface area contributed by atoms with Gasteiger partial charge in [0.15, 0.2) is 10.9 Å². The molecule has 1 aromatic carbocycles. The third-order valence-corrected chi connectivity index (χ3v) is 6.84. The number of benzene rings is 1. The highest BCUT2D eigenvalue weighted by molar-refractivity contribution is 7.99. The molecule has 140 valence electrons. The second-order valence-corrected chi connectivity index (χ2v) is 8.87. The predicted molar refractivity (Wildman–Crippen MR) is 111 cm³/mol. The highest BCUT2D eigenvalue weighted by atomic mass is 32.2. The van der Waals surface area contributed by atoms with Gasteiger partial charge in [0.05, 0.1) is 5.75 Å². The summed E-state index contributed by atoms with van der Waals surface area (Å²) < 4.78 is 2.32. The summed E-state index contributed by atoms with van der Waals surface area (Å²) in [5, 5.41) is 12.0. The van der Waals surface area contributed by atoms with E-state index in [0.29, 0.717) is 11.8 Å². The van der Waals surface area contributed by atoms with Crippen molar-refractivity contribution in [1.29, 1.82) is 0 Å². The molecule has 6 heteroatoms. The molecule has 0 unspecified atom stereocenters. The van der Waals surface area contributed by atoms with Crippen LogP contribution < -0.4 is 0 Å². The van der Waals surface area contributed by atoms with Gasteiger partial charge >= 0.3 is 0 Å². The SMILES string of the molecule is O=C(CSc1nnc(Cc2cccs2)n1C1CCCCC1)c1ccccc1. The fourth-order valence-corrected chi connectivity index (χ4v) is 5.26. The molecule has 0 aliphatic heterocycles. The van der Waals surface area contributed by atoms with Crippen LogP contribution >= 0.6 is 23.1 Å². The molecule has 1 saturated carbocycles. The van der Waals surface area contributed by atoms with Crippen molar-refractivity contribution < 1.29 is 4.79 Å². The predicted octanol–water partition coefficient (Wildman–Crippen LogP) is 5.41. The molecule has 0 saturated heterocycles. The zero-order valence-electron chi connectivity index (χ0n) is 15.2. The molecule has 2 heterocycles. The van der Waals surface area contributed by atoms with Crippen molar-refractivity contribution >= 4 is 28.9 Å². The van der Waals surface area contributed by atoms with Crippen molar-refractivity contribution in [2.75, 3.05) is 5.75 Å². The first-order valence-electron chi connectivity index (χ1n) is 9.48. The van der Waals surface area contributed by atoms with Crippen molar-refractivity contribution in [2.45, 2.75) is 49.7 Å². The summed E-state index contributed by atoms with van der Waals surface area (Å²) >= 11 is 3.28. The average molecular weight is 398 g/mol. The quantitative estimate of drug-likeness (QED) is 0.395. The van der Waals surface area contributed by atoms with E-state index in [1.807, 2.05) is 30.3 Å². The maximum Gasteiger partial charge on any atom is 0.191 e. The first kappa shape index (κ1) is 18.4. The molecule has 0 radical (unpaired) electrons. The fraction of sp³-hybridized carbons (Fsp3) is 0.381. The van der Waals surface area contributed by atoms with E-state index in [1.54, 1.807) is 11.3 Å². The summed E-state index contributed by atoms with van der Waals surface area (Å²) in [7, 11) is 0. The smallest absolute Gasteiger partial charge is 0.191 e. The fourth-order valence-electron chi connectivity index (χ4n) is 3.64. The summed E-state index contributed by atoms with van der Waals surface area (Å²) in [4.78, 5) is 13.8. The van der Waals surface area contributed by atoms with Gasteiger partial charge in [-0.2, -0.15) is 0 Å². The highest BCUT2D eigenvalue weighted by Gasteiger charge is 2.23. The molecule has 4 nitrogen and oxygen atoms in total. The van der Waals surface area contributed by atoms with E-state index in [0.717, 1.165) is 23.0 Å². The topological polar surface area (TPSA) is 47.8 Å². The Kier molecular flexibility index (Phi) is 6.04. The third-order valence-electron chi connectivity index (χ3n) is 5.02. The molecule has 0 bridgehead atoms. The molecule has 1 aliphatic rings. The van der Waals surface area contributed by atoms with Gasteiger partial charge in [0.2, 0.25) is 0 Å². The standard InChI is InChI=1S/C21H23N3OS2/c25-19(16-8-3-1-4-9-16)15-27-21-23-22-20(14-18-12-7-13-26-18)24(21)17-10-5-2-6-11-17/h1,3-4,7-9,12-13,17H,2,5-6,10-11,14-15H2. The number of hydrogen-bond donors (Lipinski definition) is 0.